The van der Waals surface area contributed by atoms with Crippen LogP contribution in [0, 0.1) is 0 Å². The highest BCUT2D eigenvalue weighted by molar-refractivity contribution is 7.42. The molecule has 0 bridgehead atoms. The minimum absolute atomic E-state index is 0.0490. The van der Waals surface area contributed by atoms with Gasteiger partial charge < -0.3 is 15.0 Å². The number of nitrogens with two attached hydrogens (primary N) is 1. The van der Waals surface area contributed by atoms with Crippen LogP contribution in [0.3, 0.4) is 0 Å². The quantitative estimate of drug-likeness (QED) is 0.562. The van der Waals surface area contributed by atoms with E-state index in [2.05, 4.69) is 4.98 Å². The number of alkyl halides is 4. The summed E-state index contributed by atoms with van der Waals surface area (Å²) in [5.74, 6) is -2.67. The van der Waals surface area contributed by atoms with Crippen LogP contribution in [0.5, 0.6) is 5.75 Å². The van der Waals surface area contributed by atoms with Gasteiger partial charge in [0.1, 0.15) is 11.6 Å². The third kappa shape index (κ3) is 5.25. The van der Waals surface area contributed by atoms with Crippen molar-refractivity contribution in [2.24, 2.45) is 0 Å². The smallest absolute Gasteiger partial charge is 0.397 e. The highest BCUT2D eigenvalue weighted by Gasteiger charge is 2.52. The predicted octanol–water partition coefficient (Wildman–Crippen LogP) is 3.48. The number of nitrogen functional groups attached to an aromatic ring is 1. The first-order valence-electron chi connectivity index (χ1n) is 8.65. The second-order valence-electron chi connectivity index (χ2n) is 6.21. The molecule has 0 amide bonds. The fraction of sp³-hybridized carbons (Fsp3) is 0.412. The Morgan fingerprint density at radius 3 is 2.77 bits per heavy atom. The molecule has 0 aliphatic carbocycles. The molecule has 2 N–H and O–H groups in total. The van der Waals surface area contributed by atoms with Gasteiger partial charge in [-0.3, -0.25) is 13.6 Å². The van der Waals surface area contributed by atoms with E-state index in [1.54, 1.807) is 6.07 Å². The molecule has 30 heavy (non-hydrogen) atoms. The largest absolute Gasteiger partial charge is 0.426 e. The second-order valence-corrected chi connectivity index (χ2v) is 7.36. The highest BCUT2D eigenvalue weighted by Crippen LogP contribution is 2.48. The van der Waals surface area contributed by atoms with Crippen molar-refractivity contribution in [3.05, 3.63) is 52.6 Å². The first-order chi connectivity index (χ1) is 14.3. The summed E-state index contributed by atoms with van der Waals surface area (Å²) in [7, 11) is -1.71. The molecule has 164 valence electrons. The summed E-state index contributed by atoms with van der Waals surface area (Å²) in [5.41, 5.74) is 5.37. The number of halogens is 4. The first-order valence-corrected chi connectivity index (χ1v) is 9.75. The zero-order valence-electron chi connectivity index (χ0n) is 15.4. The lowest BCUT2D eigenvalue weighted by Crippen LogP contribution is -2.35. The number of benzene rings is 1. The van der Waals surface area contributed by atoms with Crippen molar-refractivity contribution in [2.45, 2.75) is 31.3 Å². The van der Waals surface area contributed by atoms with Crippen molar-refractivity contribution < 1.29 is 35.9 Å². The van der Waals surface area contributed by atoms with Gasteiger partial charge in [0.05, 0.1) is 19.3 Å². The fourth-order valence-corrected chi connectivity index (χ4v) is 3.91. The monoisotopic (exact) mass is 451 g/mol. The van der Waals surface area contributed by atoms with E-state index in [4.69, 9.17) is 24.0 Å². The minimum atomic E-state index is -3.26. The summed E-state index contributed by atoms with van der Waals surface area (Å²) in [6.07, 6.45) is -2.16. The molecule has 2 aromatic rings. The third-order valence-electron chi connectivity index (χ3n) is 4.12. The number of para-hydroxylation sites is 1. The maximum absolute atomic E-state index is 14.3. The SMILES string of the molecule is FCF.Nc1ccn(C2OC(COP3OCc4ccccc4O3)CC2(F)F)c(=O)n1. The molecule has 0 spiro atoms. The molecule has 0 radical (unpaired) electrons. The summed E-state index contributed by atoms with van der Waals surface area (Å²) >= 11 is 0. The molecule has 0 saturated carbocycles. The topological polar surface area (TPSA) is 97.8 Å². The summed E-state index contributed by atoms with van der Waals surface area (Å²) in [4.78, 5) is 15.3. The van der Waals surface area contributed by atoms with Crippen LogP contribution in [0.15, 0.2) is 41.3 Å². The Morgan fingerprint density at radius 2 is 2.03 bits per heavy atom. The Bertz CT molecular complexity index is 919. The number of aromatic nitrogens is 2. The minimum Gasteiger partial charge on any atom is -0.426 e. The highest BCUT2D eigenvalue weighted by atomic mass is 31.2. The molecule has 1 fully saturated rings. The van der Waals surface area contributed by atoms with Crippen LogP contribution in [0.25, 0.3) is 0 Å². The van der Waals surface area contributed by atoms with Crippen LogP contribution >= 0.6 is 8.60 Å². The lowest BCUT2D eigenvalue weighted by molar-refractivity contribution is -0.119. The van der Waals surface area contributed by atoms with Crippen LogP contribution < -0.4 is 15.9 Å². The summed E-state index contributed by atoms with van der Waals surface area (Å²) < 4.78 is 70.5. The maximum Gasteiger partial charge on any atom is 0.397 e. The number of rotatable bonds is 4. The van der Waals surface area contributed by atoms with E-state index < -0.39 is 45.9 Å². The van der Waals surface area contributed by atoms with Crippen molar-refractivity contribution in [2.75, 3.05) is 19.3 Å². The third-order valence-corrected chi connectivity index (χ3v) is 5.17. The van der Waals surface area contributed by atoms with Gasteiger partial charge in [-0.1, -0.05) is 18.2 Å². The van der Waals surface area contributed by atoms with Gasteiger partial charge in [0.25, 0.3) is 5.92 Å². The van der Waals surface area contributed by atoms with Gasteiger partial charge in [0.15, 0.2) is 0 Å². The second kappa shape index (κ2) is 9.69. The van der Waals surface area contributed by atoms with Crippen molar-refractivity contribution in [3.63, 3.8) is 0 Å². The van der Waals surface area contributed by atoms with Crippen LogP contribution in [0.4, 0.5) is 23.4 Å². The number of nitrogens with zero attached hydrogens (tertiary/aromatic N) is 2. The van der Waals surface area contributed by atoms with Gasteiger partial charge in [0, 0.05) is 18.2 Å². The number of ether oxygens (including phenoxy) is 1. The summed E-state index contributed by atoms with van der Waals surface area (Å²) in [5, 5.41) is 0. The van der Waals surface area contributed by atoms with E-state index in [9.17, 15) is 22.4 Å². The first kappa shape index (κ1) is 22.4. The van der Waals surface area contributed by atoms with Crippen LogP contribution in [-0.2, 0) is 20.4 Å². The molecule has 13 heteroatoms. The fourth-order valence-electron chi connectivity index (χ4n) is 2.85. The molecular weight excluding hydrogens is 433 g/mol. The van der Waals surface area contributed by atoms with Crippen LogP contribution in [-0.4, -0.2) is 35.1 Å². The Hall–Kier alpha value is -2.27. The van der Waals surface area contributed by atoms with E-state index in [1.807, 2.05) is 18.2 Å². The van der Waals surface area contributed by atoms with Gasteiger partial charge in [-0.15, -0.1) is 0 Å². The Kier molecular flexibility index (Phi) is 7.24. The van der Waals surface area contributed by atoms with Gasteiger partial charge >= 0.3 is 14.3 Å². The average molecular weight is 451 g/mol. The predicted molar refractivity (Wildman–Crippen MR) is 98.2 cm³/mol. The van der Waals surface area contributed by atoms with E-state index >= 15 is 0 Å². The van der Waals surface area contributed by atoms with Crippen molar-refractivity contribution in [3.8, 4) is 5.75 Å². The molecule has 3 heterocycles. The molecule has 2 aliphatic heterocycles. The molecule has 1 saturated heterocycles. The molecule has 8 nitrogen and oxygen atoms in total. The van der Waals surface area contributed by atoms with Crippen LogP contribution in [0.2, 0.25) is 0 Å². The standard InChI is InChI=1S/C16H16F2N3O5P.CH2F2/c17-16(18)7-11(25-14(16)21-6-5-13(19)20-15(21)22)9-24-27-23-8-10-3-1-2-4-12(10)26-27;2-1-3/h1-6,11,14H,7-9H2,(H2,19,20,22);1H2. The van der Waals surface area contributed by atoms with Crippen LogP contribution in [0.1, 0.15) is 18.2 Å². The molecule has 2 aliphatic rings. The zero-order valence-corrected chi connectivity index (χ0v) is 16.3. The Morgan fingerprint density at radius 1 is 1.30 bits per heavy atom. The van der Waals surface area contributed by atoms with Crippen molar-refractivity contribution in [1.82, 2.24) is 9.55 Å². The molecule has 3 atom stereocenters. The normalized spacial score (nSPS) is 24.3. The summed E-state index contributed by atoms with van der Waals surface area (Å²) in [6, 6.07) is 8.60. The Labute approximate surface area is 169 Å². The molecule has 1 aromatic carbocycles. The van der Waals surface area contributed by atoms with E-state index in [0.29, 0.717) is 12.4 Å². The van der Waals surface area contributed by atoms with Crippen molar-refractivity contribution >= 4 is 14.4 Å². The molecule has 1 aromatic heterocycles. The van der Waals surface area contributed by atoms with E-state index in [-0.39, 0.29) is 12.4 Å². The van der Waals surface area contributed by atoms with Gasteiger partial charge in [-0.2, -0.15) is 4.98 Å². The number of hydrogen-bond acceptors (Lipinski definition) is 7. The number of anilines is 1. The lowest BCUT2D eigenvalue weighted by Gasteiger charge is -2.24. The average Bonchev–Trinajstić information content (AvgIpc) is 3.01. The van der Waals surface area contributed by atoms with E-state index in [0.717, 1.165) is 16.3 Å². The molecule has 3 unspecified atom stereocenters. The maximum atomic E-state index is 14.3. The van der Waals surface area contributed by atoms with Gasteiger partial charge in [-0.25, -0.2) is 22.4 Å². The number of fused-ring (bicyclic) bond motifs is 1. The summed E-state index contributed by atoms with van der Waals surface area (Å²) in [6.45, 7) is -1.59. The zero-order chi connectivity index (χ0) is 21.7. The van der Waals surface area contributed by atoms with Gasteiger partial charge in [-0.05, 0) is 12.1 Å². The lowest BCUT2D eigenvalue weighted by atomic mass is 10.2. The number of hydrogen-bond donors (Lipinski definition) is 1. The molecule has 4 rings (SSSR count). The Balaban J connectivity index is 0.000000806. The van der Waals surface area contributed by atoms with E-state index in [1.165, 1.54) is 6.07 Å². The van der Waals surface area contributed by atoms with Gasteiger partial charge in [0.2, 0.25) is 13.2 Å². The molecular formula is C17H18F4N3O5P. The van der Waals surface area contributed by atoms with Crippen molar-refractivity contribution in [1.29, 1.82) is 0 Å².